The van der Waals surface area contributed by atoms with Crippen molar-refractivity contribution < 1.29 is 9.59 Å². The summed E-state index contributed by atoms with van der Waals surface area (Å²) in [6, 6.07) is 15.1. The van der Waals surface area contributed by atoms with Crippen LogP contribution in [0.15, 0.2) is 72.5 Å². The lowest BCUT2D eigenvalue weighted by atomic mass is 9.99. The molecule has 0 saturated carbocycles. The number of para-hydroxylation sites is 1. The zero-order chi connectivity index (χ0) is 25.9. The lowest BCUT2D eigenvalue weighted by Gasteiger charge is -2.18. The number of benzene rings is 2. The molecule has 9 heteroatoms. The summed E-state index contributed by atoms with van der Waals surface area (Å²) < 4.78 is 1.74. The first kappa shape index (κ1) is 24.3. The molecule has 5 aromatic rings. The third-order valence-corrected chi connectivity index (χ3v) is 6.83. The minimum Gasteiger partial charge on any atom is -0.345 e. The normalized spacial score (nSPS) is 11.9. The number of aryl methyl sites for hydroxylation is 2. The van der Waals surface area contributed by atoms with Gasteiger partial charge in [-0.2, -0.15) is 5.10 Å². The monoisotopic (exact) mass is 510 g/mol. The van der Waals surface area contributed by atoms with Crippen LogP contribution in [0.5, 0.6) is 0 Å². The van der Waals surface area contributed by atoms with Gasteiger partial charge in [0.25, 0.3) is 5.91 Å². The molecule has 8 nitrogen and oxygen atoms in total. The van der Waals surface area contributed by atoms with Gasteiger partial charge in [0.1, 0.15) is 0 Å². The van der Waals surface area contributed by atoms with Gasteiger partial charge in [0.2, 0.25) is 5.91 Å². The molecule has 0 unspecified atom stereocenters. The third kappa shape index (κ3) is 5.41. The predicted octanol–water partition coefficient (Wildman–Crippen LogP) is 5.07. The summed E-state index contributed by atoms with van der Waals surface area (Å²) in [7, 11) is 1.87. The van der Waals surface area contributed by atoms with Crippen LogP contribution in [-0.2, 0) is 18.3 Å². The molecule has 0 bridgehead atoms. The van der Waals surface area contributed by atoms with Crippen molar-refractivity contribution in [2.24, 2.45) is 7.05 Å². The van der Waals surface area contributed by atoms with Gasteiger partial charge in [0, 0.05) is 41.3 Å². The highest BCUT2D eigenvalue weighted by atomic mass is 32.1. The fourth-order valence-electron chi connectivity index (χ4n) is 4.34. The molecular formula is C28H26N6O2S. The Labute approximate surface area is 218 Å². The standard InChI is InChI=1S/C28H26N6O2S/c1-17-12-19(13-26(35)33-28-29-10-11-37-28)8-9-21(17)27(36)31-18(2)23-14-25(20-15-30-34(3)16-20)32-24-7-5-4-6-22(23)24/h4-12,14-16,18H,13H2,1-3H3,(H,31,36)(H,29,33,35)/t18-/m1/s1. The molecule has 1 atom stereocenters. The number of rotatable bonds is 7. The van der Waals surface area contributed by atoms with Crippen LogP contribution in [0.4, 0.5) is 5.13 Å². The molecule has 3 heterocycles. The van der Waals surface area contributed by atoms with Crippen LogP contribution in [0.3, 0.4) is 0 Å². The second-order valence-electron chi connectivity index (χ2n) is 8.92. The number of nitrogens with zero attached hydrogens (tertiary/aromatic N) is 4. The van der Waals surface area contributed by atoms with Crippen LogP contribution >= 0.6 is 11.3 Å². The molecule has 0 aliphatic carbocycles. The van der Waals surface area contributed by atoms with E-state index in [1.807, 2.05) is 74.9 Å². The summed E-state index contributed by atoms with van der Waals surface area (Å²) in [5, 5.41) is 13.6. The lowest BCUT2D eigenvalue weighted by Crippen LogP contribution is -2.27. The molecule has 0 saturated heterocycles. The van der Waals surface area contributed by atoms with E-state index in [-0.39, 0.29) is 24.3 Å². The Morgan fingerprint density at radius 3 is 2.70 bits per heavy atom. The van der Waals surface area contributed by atoms with Crippen molar-refractivity contribution >= 4 is 39.2 Å². The first-order chi connectivity index (χ1) is 17.9. The molecule has 2 aromatic carbocycles. The average Bonchev–Trinajstić information content (AvgIpc) is 3.55. The van der Waals surface area contributed by atoms with Crippen molar-refractivity contribution in [3.63, 3.8) is 0 Å². The van der Waals surface area contributed by atoms with Gasteiger partial charge in [0.15, 0.2) is 5.13 Å². The van der Waals surface area contributed by atoms with Gasteiger partial charge in [-0.3, -0.25) is 14.3 Å². The molecule has 5 rings (SSSR count). The highest BCUT2D eigenvalue weighted by Crippen LogP contribution is 2.29. The average molecular weight is 511 g/mol. The fourth-order valence-corrected chi connectivity index (χ4v) is 4.88. The number of nitrogens with one attached hydrogen (secondary N) is 2. The number of thiazole rings is 1. The number of hydrogen-bond acceptors (Lipinski definition) is 6. The summed E-state index contributed by atoms with van der Waals surface area (Å²) in [6.07, 6.45) is 5.56. The van der Waals surface area contributed by atoms with Crippen molar-refractivity contribution in [3.05, 3.63) is 94.8 Å². The van der Waals surface area contributed by atoms with E-state index in [2.05, 4.69) is 20.7 Å². The first-order valence-corrected chi connectivity index (χ1v) is 12.7. The quantitative estimate of drug-likeness (QED) is 0.318. The molecule has 0 aliphatic heterocycles. The smallest absolute Gasteiger partial charge is 0.252 e. The number of carbonyl (C=O) groups is 2. The zero-order valence-corrected chi connectivity index (χ0v) is 21.5. The highest BCUT2D eigenvalue weighted by Gasteiger charge is 2.18. The lowest BCUT2D eigenvalue weighted by molar-refractivity contribution is -0.115. The van der Waals surface area contributed by atoms with Crippen LogP contribution in [0.1, 0.15) is 40.0 Å². The van der Waals surface area contributed by atoms with E-state index < -0.39 is 0 Å². The van der Waals surface area contributed by atoms with E-state index in [1.54, 1.807) is 23.1 Å². The number of fused-ring (bicyclic) bond motifs is 1. The highest BCUT2D eigenvalue weighted by molar-refractivity contribution is 7.13. The van der Waals surface area contributed by atoms with Crippen LogP contribution < -0.4 is 10.6 Å². The summed E-state index contributed by atoms with van der Waals surface area (Å²) >= 11 is 1.37. The zero-order valence-electron chi connectivity index (χ0n) is 20.7. The van der Waals surface area contributed by atoms with Gasteiger partial charge in [-0.1, -0.05) is 30.3 Å². The maximum Gasteiger partial charge on any atom is 0.252 e. The molecule has 0 aliphatic rings. The molecule has 0 spiro atoms. The molecule has 37 heavy (non-hydrogen) atoms. The fraction of sp³-hybridized carbons (Fsp3) is 0.179. The minimum atomic E-state index is -0.265. The van der Waals surface area contributed by atoms with Gasteiger partial charge in [-0.05, 0) is 48.7 Å². The molecule has 186 valence electrons. The van der Waals surface area contributed by atoms with E-state index in [0.717, 1.165) is 38.9 Å². The number of pyridine rings is 1. The first-order valence-electron chi connectivity index (χ1n) is 11.9. The van der Waals surface area contributed by atoms with Gasteiger partial charge >= 0.3 is 0 Å². The van der Waals surface area contributed by atoms with E-state index >= 15 is 0 Å². The van der Waals surface area contributed by atoms with Crippen molar-refractivity contribution in [1.29, 1.82) is 0 Å². The number of aromatic nitrogens is 4. The Kier molecular flexibility index (Phi) is 6.78. The van der Waals surface area contributed by atoms with Crippen LogP contribution in [0, 0.1) is 6.92 Å². The van der Waals surface area contributed by atoms with E-state index in [1.165, 1.54) is 11.3 Å². The molecule has 3 aromatic heterocycles. The topological polar surface area (TPSA) is 102 Å². The Morgan fingerprint density at radius 1 is 1.14 bits per heavy atom. The molecule has 0 radical (unpaired) electrons. The third-order valence-electron chi connectivity index (χ3n) is 6.14. The summed E-state index contributed by atoms with van der Waals surface area (Å²) in [5.74, 6) is -0.318. The maximum atomic E-state index is 13.3. The van der Waals surface area contributed by atoms with Gasteiger partial charge < -0.3 is 10.6 Å². The van der Waals surface area contributed by atoms with Crippen LogP contribution in [-0.4, -0.2) is 31.6 Å². The number of amides is 2. The van der Waals surface area contributed by atoms with E-state index in [4.69, 9.17) is 4.98 Å². The van der Waals surface area contributed by atoms with Crippen molar-refractivity contribution in [3.8, 4) is 11.3 Å². The van der Waals surface area contributed by atoms with Crippen LogP contribution in [0.25, 0.3) is 22.2 Å². The maximum absolute atomic E-state index is 13.3. The summed E-state index contributed by atoms with van der Waals surface area (Å²) in [5.41, 5.74) is 5.76. The van der Waals surface area contributed by atoms with Gasteiger partial charge in [-0.25, -0.2) is 9.97 Å². The predicted molar refractivity (Wildman–Crippen MR) is 145 cm³/mol. The Balaban J connectivity index is 1.35. The van der Waals surface area contributed by atoms with Crippen molar-refractivity contribution in [1.82, 2.24) is 25.1 Å². The van der Waals surface area contributed by atoms with Crippen LogP contribution in [0.2, 0.25) is 0 Å². The Bertz CT molecular complexity index is 1590. The van der Waals surface area contributed by atoms with E-state index in [9.17, 15) is 9.59 Å². The Morgan fingerprint density at radius 2 is 1.97 bits per heavy atom. The minimum absolute atomic E-state index is 0.144. The SMILES string of the molecule is Cc1cc(CC(=O)Nc2nccs2)ccc1C(=O)N[C@H](C)c1cc(-c2cnn(C)c2)nc2ccccc12. The van der Waals surface area contributed by atoms with Crippen molar-refractivity contribution in [2.75, 3.05) is 5.32 Å². The molecular weight excluding hydrogens is 484 g/mol. The van der Waals surface area contributed by atoms with Gasteiger partial charge in [-0.15, -0.1) is 11.3 Å². The van der Waals surface area contributed by atoms with Crippen molar-refractivity contribution in [2.45, 2.75) is 26.3 Å². The number of hydrogen-bond donors (Lipinski definition) is 2. The molecule has 0 fully saturated rings. The summed E-state index contributed by atoms with van der Waals surface area (Å²) in [4.78, 5) is 34.5. The summed E-state index contributed by atoms with van der Waals surface area (Å²) in [6.45, 7) is 3.85. The second kappa shape index (κ2) is 10.3. The van der Waals surface area contributed by atoms with E-state index in [0.29, 0.717) is 10.7 Å². The number of carbonyl (C=O) groups excluding carboxylic acids is 2. The molecule has 2 N–H and O–H groups in total. The second-order valence-corrected chi connectivity index (χ2v) is 9.82. The Hall–Kier alpha value is -4.37. The van der Waals surface area contributed by atoms with Gasteiger partial charge in [0.05, 0.1) is 29.9 Å². The molecule has 2 amide bonds. The number of anilines is 1. The largest absolute Gasteiger partial charge is 0.345 e.